The van der Waals surface area contributed by atoms with Crippen LogP contribution in [-0.4, -0.2) is 115 Å². The summed E-state index contributed by atoms with van der Waals surface area (Å²) in [6, 6.07) is -1.40. The SMILES string of the molecule is CC(=O)N[C@H]1[C@H]([C@H](OC(C)=O)[C@@H](COC(C)=O)OC(C)=O)O[C@@](O)(C(=O)OCC(=O)N(C)C)C[C@@H]1OC(C)=O. The van der Waals surface area contributed by atoms with E-state index in [9.17, 15) is 38.7 Å². The highest BCUT2D eigenvalue weighted by Gasteiger charge is 2.58. The number of rotatable bonds is 11. The van der Waals surface area contributed by atoms with Gasteiger partial charge in [0.1, 0.15) is 18.8 Å². The van der Waals surface area contributed by atoms with E-state index < -0.39 is 97.5 Å². The standard InChI is InChI=1S/C23H34N2O14/c1-11(26)24-19-16(36-13(3)28)8-23(33,22(32)35-10-18(31)25(6)7)39-21(19)20(38-15(5)30)17(37-14(4)29)9-34-12(2)27/h16-17,19-21,33H,8-10H2,1-7H3,(H,24,26)/t16-,17+,19+,20+,21+,23+/m0/s1. The minimum atomic E-state index is -2.91. The van der Waals surface area contributed by atoms with Gasteiger partial charge in [0.2, 0.25) is 5.91 Å². The number of hydrogen-bond donors (Lipinski definition) is 2. The summed E-state index contributed by atoms with van der Waals surface area (Å²) in [5.41, 5.74) is 0. The van der Waals surface area contributed by atoms with Crippen molar-refractivity contribution in [3.8, 4) is 0 Å². The molecule has 1 saturated heterocycles. The summed E-state index contributed by atoms with van der Waals surface area (Å²) in [6.45, 7) is 3.72. The Kier molecular flexibility index (Phi) is 12.3. The van der Waals surface area contributed by atoms with Crippen molar-refractivity contribution in [1.29, 1.82) is 0 Å². The summed E-state index contributed by atoms with van der Waals surface area (Å²) < 4.78 is 31.2. The van der Waals surface area contributed by atoms with Crippen molar-refractivity contribution < 1.29 is 67.1 Å². The fraction of sp³-hybridized carbons (Fsp3) is 0.696. The molecule has 16 heteroatoms. The van der Waals surface area contributed by atoms with E-state index >= 15 is 0 Å². The van der Waals surface area contributed by atoms with Gasteiger partial charge in [0.25, 0.3) is 11.7 Å². The van der Waals surface area contributed by atoms with Gasteiger partial charge in [-0.1, -0.05) is 0 Å². The van der Waals surface area contributed by atoms with Gasteiger partial charge >= 0.3 is 29.8 Å². The van der Waals surface area contributed by atoms with E-state index in [-0.39, 0.29) is 0 Å². The van der Waals surface area contributed by atoms with E-state index in [0.29, 0.717) is 0 Å². The molecule has 2 amide bonds. The molecule has 16 nitrogen and oxygen atoms in total. The number of nitrogens with one attached hydrogen (secondary N) is 1. The van der Waals surface area contributed by atoms with Crippen molar-refractivity contribution in [3.63, 3.8) is 0 Å². The van der Waals surface area contributed by atoms with Crippen molar-refractivity contribution in [2.45, 2.75) is 77.3 Å². The van der Waals surface area contributed by atoms with Crippen LogP contribution in [0, 0.1) is 0 Å². The first-order valence-electron chi connectivity index (χ1n) is 11.7. The third-order valence-corrected chi connectivity index (χ3v) is 5.16. The van der Waals surface area contributed by atoms with Crippen LogP contribution in [0.4, 0.5) is 0 Å². The maximum atomic E-state index is 12.9. The maximum Gasteiger partial charge on any atom is 0.367 e. The van der Waals surface area contributed by atoms with Gasteiger partial charge in [-0.2, -0.15) is 0 Å². The van der Waals surface area contributed by atoms with E-state index in [2.05, 4.69) is 5.32 Å². The van der Waals surface area contributed by atoms with Gasteiger partial charge in [-0.3, -0.25) is 28.8 Å². The second kappa shape index (κ2) is 14.4. The molecule has 1 rings (SSSR count). The van der Waals surface area contributed by atoms with Crippen LogP contribution in [0.3, 0.4) is 0 Å². The lowest BCUT2D eigenvalue weighted by Gasteiger charge is -2.47. The van der Waals surface area contributed by atoms with Gasteiger partial charge < -0.3 is 43.7 Å². The molecule has 0 aliphatic carbocycles. The van der Waals surface area contributed by atoms with Gasteiger partial charge in [0, 0.05) is 48.7 Å². The number of esters is 5. The molecule has 0 aromatic carbocycles. The van der Waals surface area contributed by atoms with Crippen molar-refractivity contribution in [2.75, 3.05) is 27.3 Å². The fourth-order valence-electron chi connectivity index (χ4n) is 3.62. The van der Waals surface area contributed by atoms with Crippen molar-refractivity contribution >= 4 is 41.7 Å². The normalized spacial score (nSPS) is 23.7. The zero-order valence-electron chi connectivity index (χ0n) is 22.7. The average Bonchev–Trinajstić information content (AvgIpc) is 2.78. The summed E-state index contributed by atoms with van der Waals surface area (Å²) in [7, 11) is 2.80. The third kappa shape index (κ3) is 10.5. The van der Waals surface area contributed by atoms with Crippen molar-refractivity contribution in [2.24, 2.45) is 0 Å². The van der Waals surface area contributed by atoms with Crippen LogP contribution in [0.5, 0.6) is 0 Å². The number of amides is 2. The number of likely N-dealkylation sites (N-methyl/N-ethyl adjacent to an activating group) is 1. The van der Waals surface area contributed by atoms with Crippen LogP contribution in [0.25, 0.3) is 0 Å². The van der Waals surface area contributed by atoms with Crippen LogP contribution in [-0.2, 0) is 62.0 Å². The van der Waals surface area contributed by atoms with Crippen LogP contribution < -0.4 is 5.32 Å². The average molecular weight is 563 g/mol. The molecule has 0 spiro atoms. The van der Waals surface area contributed by atoms with Gasteiger partial charge in [-0.05, 0) is 0 Å². The highest BCUT2D eigenvalue weighted by Crippen LogP contribution is 2.34. The van der Waals surface area contributed by atoms with Crippen LogP contribution in [0.2, 0.25) is 0 Å². The molecule has 0 radical (unpaired) electrons. The van der Waals surface area contributed by atoms with Crippen molar-refractivity contribution in [3.05, 3.63) is 0 Å². The smallest absolute Gasteiger partial charge is 0.367 e. The summed E-state index contributed by atoms with van der Waals surface area (Å²) in [5.74, 6) is -9.22. The Hall–Kier alpha value is -3.79. The van der Waals surface area contributed by atoms with Gasteiger partial charge in [-0.15, -0.1) is 0 Å². The summed E-state index contributed by atoms with van der Waals surface area (Å²) >= 11 is 0. The number of aliphatic hydroxyl groups is 1. The zero-order valence-corrected chi connectivity index (χ0v) is 22.7. The first kappa shape index (κ1) is 33.2. The maximum absolute atomic E-state index is 12.9. The lowest BCUT2D eigenvalue weighted by Crippen LogP contribution is -2.68. The number of nitrogens with zero attached hydrogens (tertiary/aromatic N) is 1. The predicted octanol–water partition coefficient (Wildman–Crippen LogP) is -2.04. The summed E-state index contributed by atoms with van der Waals surface area (Å²) in [4.78, 5) is 85.2. The molecular formula is C23H34N2O14. The quantitative estimate of drug-likeness (QED) is 0.205. The topological polar surface area (TPSA) is 210 Å². The molecule has 1 aliphatic rings. The van der Waals surface area contributed by atoms with Gasteiger partial charge in [0.05, 0.1) is 12.5 Å². The summed E-state index contributed by atoms with van der Waals surface area (Å²) in [6.07, 6.45) is -7.36. The first-order chi connectivity index (χ1) is 18.0. The fourth-order valence-corrected chi connectivity index (χ4v) is 3.62. The van der Waals surface area contributed by atoms with Crippen LogP contribution >= 0.6 is 0 Å². The van der Waals surface area contributed by atoms with E-state index in [1.165, 1.54) is 14.1 Å². The molecule has 0 unspecified atom stereocenters. The molecule has 220 valence electrons. The van der Waals surface area contributed by atoms with Gasteiger partial charge in [-0.25, -0.2) is 4.79 Å². The van der Waals surface area contributed by atoms with E-state index in [1.807, 2.05) is 0 Å². The molecular weight excluding hydrogens is 528 g/mol. The molecule has 1 heterocycles. The Morgan fingerprint density at radius 3 is 1.97 bits per heavy atom. The van der Waals surface area contributed by atoms with E-state index in [1.54, 1.807) is 0 Å². The Morgan fingerprint density at radius 1 is 0.923 bits per heavy atom. The molecule has 0 saturated carbocycles. The lowest BCUT2D eigenvalue weighted by atomic mass is 9.88. The lowest BCUT2D eigenvalue weighted by molar-refractivity contribution is -0.300. The molecule has 39 heavy (non-hydrogen) atoms. The number of carbonyl (C=O) groups is 7. The molecule has 2 N–H and O–H groups in total. The number of ether oxygens (including phenoxy) is 6. The highest BCUT2D eigenvalue weighted by molar-refractivity contribution is 5.83. The van der Waals surface area contributed by atoms with Crippen LogP contribution in [0.15, 0.2) is 0 Å². The van der Waals surface area contributed by atoms with Crippen LogP contribution in [0.1, 0.15) is 41.0 Å². The Morgan fingerprint density at radius 2 is 1.51 bits per heavy atom. The minimum absolute atomic E-state index is 0.638. The third-order valence-electron chi connectivity index (χ3n) is 5.16. The Balaban J connectivity index is 3.64. The molecule has 0 aromatic heterocycles. The Bertz CT molecular complexity index is 966. The predicted molar refractivity (Wildman–Crippen MR) is 125 cm³/mol. The molecule has 0 aromatic rings. The minimum Gasteiger partial charge on any atom is -0.462 e. The summed E-state index contributed by atoms with van der Waals surface area (Å²) in [5, 5.41) is 13.7. The first-order valence-corrected chi connectivity index (χ1v) is 11.7. The Labute approximate surface area is 224 Å². The molecule has 1 fully saturated rings. The second-order valence-electron chi connectivity index (χ2n) is 8.83. The number of carbonyl (C=O) groups excluding carboxylic acids is 7. The number of hydrogen-bond acceptors (Lipinski definition) is 14. The highest BCUT2D eigenvalue weighted by atomic mass is 16.7. The largest absolute Gasteiger partial charge is 0.462 e. The van der Waals surface area contributed by atoms with Gasteiger partial charge in [0.15, 0.2) is 18.8 Å². The second-order valence-corrected chi connectivity index (χ2v) is 8.83. The molecule has 0 bridgehead atoms. The van der Waals surface area contributed by atoms with E-state index in [4.69, 9.17) is 28.4 Å². The van der Waals surface area contributed by atoms with Crippen molar-refractivity contribution in [1.82, 2.24) is 10.2 Å². The molecule has 6 atom stereocenters. The van der Waals surface area contributed by atoms with E-state index in [0.717, 1.165) is 39.5 Å². The monoisotopic (exact) mass is 562 g/mol. The molecule has 1 aliphatic heterocycles. The zero-order chi connectivity index (χ0) is 30.1.